The van der Waals surface area contributed by atoms with Crippen LogP contribution in [0.2, 0.25) is 5.02 Å². The average molecular weight is 344 g/mol. The molecule has 0 N–H and O–H groups in total. The number of hydrogen-bond donors (Lipinski definition) is 0. The van der Waals surface area contributed by atoms with Crippen LogP contribution in [-0.2, 0) is 24.3 Å². The summed E-state index contributed by atoms with van der Waals surface area (Å²) in [5, 5.41) is 2.26. The van der Waals surface area contributed by atoms with Gasteiger partial charge in [-0.1, -0.05) is 17.7 Å². The minimum atomic E-state index is 0. The highest BCUT2D eigenvalue weighted by atomic mass is 35.5. The zero-order valence-corrected chi connectivity index (χ0v) is 14.4. The lowest BCUT2D eigenvalue weighted by molar-refractivity contribution is 0.150. The molecule has 0 amide bonds. The van der Waals surface area contributed by atoms with Crippen LogP contribution in [0.3, 0.4) is 0 Å². The summed E-state index contributed by atoms with van der Waals surface area (Å²) < 4.78 is 6.98. The molecule has 1 aliphatic heterocycles. The van der Waals surface area contributed by atoms with Crippen molar-refractivity contribution in [2.75, 3.05) is 20.2 Å². The topological polar surface area (TPSA) is 12.5 Å². The smallest absolute Gasteiger partial charge is 0.0817 e. The Bertz CT molecular complexity index is 653. The van der Waals surface area contributed by atoms with E-state index in [9.17, 15) is 0 Å². The fraction of sp³-hybridized carbons (Fsp3) is 0.375. The van der Waals surface area contributed by atoms with Gasteiger partial charge in [0.05, 0.1) is 13.2 Å². The minimum absolute atomic E-state index is 0. The molecular weight excluding hydrogens is 325 g/mol. The molecule has 2 nitrogen and oxygen atoms in total. The summed E-state index contributed by atoms with van der Waals surface area (Å²) in [7, 11) is 2.16. The molecule has 0 radical (unpaired) electrons. The maximum absolute atomic E-state index is 6.41. The largest absolute Gasteiger partial charge is 0.372 e. The second-order valence-electron chi connectivity index (χ2n) is 5.19. The van der Waals surface area contributed by atoms with Gasteiger partial charge in [-0.05, 0) is 36.7 Å². The van der Waals surface area contributed by atoms with E-state index in [1.807, 2.05) is 17.4 Å². The van der Waals surface area contributed by atoms with E-state index in [1.54, 1.807) is 6.08 Å². The number of thiophene rings is 1. The van der Waals surface area contributed by atoms with E-state index < -0.39 is 0 Å². The molecule has 0 aliphatic carbocycles. The van der Waals surface area contributed by atoms with Crippen LogP contribution in [0, 0.1) is 0 Å². The number of nitrogens with zero attached hydrogens (tertiary/aromatic N) is 1. The first-order valence-corrected chi connectivity index (χ1v) is 7.99. The Morgan fingerprint density at radius 1 is 1.43 bits per heavy atom. The maximum atomic E-state index is 6.41. The molecule has 5 heteroatoms. The number of benzene rings is 1. The molecule has 0 unspecified atom stereocenters. The van der Waals surface area contributed by atoms with Crippen LogP contribution < -0.4 is 0 Å². The molecule has 0 saturated carbocycles. The van der Waals surface area contributed by atoms with Crippen LogP contribution in [0.4, 0.5) is 0 Å². The number of likely N-dealkylation sites (N-methyl/N-ethyl adjacent to an activating group) is 1. The van der Waals surface area contributed by atoms with Gasteiger partial charge in [0.25, 0.3) is 0 Å². The molecule has 1 aromatic heterocycles. The molecule has 0 saturated heterocycles. The standard InChI is InChI=1S/C16H18ClNOS.ClH/c1-3-8-19-10-15-12-9-18(2)7-6-11-13(17)4-5-14(20-15)16(11)12;/h3-5H,1,6-10H2,2H3;1H. The van der Waals surface area contributed by atoms with Crippen LogP contribution in [0.15, 0.2) is 24.8 Å². The Kier molecular flexibility index (Phi) is 5.69. The summed E-state index contributed by atoms with van der Waals surface area (Å²) in [5.74, 6) is 0. The van der Waals surface area contributed by atoms with Crippen molar-refractivity contribution in [2.24, 2.45) is 0 Å². The maximum Gasteiger partial charge on any atom is 0.0817 e. The normalized spacial score (nSPS) is 14.8. The van der Waals surface area contributed by atoms with Gasteiger partial charge in [-0.15, -0.1) is 30.3 Å². The van der Waals surface area contributed by atoms with Crippen LogP contribution in [0.5, 0.6) is 0 Å². The van der Waals surface area contributed by atoms with Crippen molar-refractivity contribution < 1.29 is 4.74 Å². The molecule has 0 spiro atoms. The van der Waals surface area contributed by atoms with Gasteiger partial charge in [0, 0.05) is 33.1 Å². The Labute approximate surface area is 140 Å². The van der Waals surface area contributed by atoms with Crippen molar-refractivity contribution in [3.05, 3.63) is 45.8 Å². The lowest BCUT2D eigenvalue weighted by Crippen LogP contribution is -2.19. The van der Waals surface area contributed by atoms with E-state index in [0.29, 0.717) is 13.2 Å². The molecule has 3 rings (SSSR count). The molecule has 0 atom stereocenters. The van der Waals surface area contributed by atoms with E-state index >= 15 is 0 Å². The summed E-state index contributed by atoms with van der Waals surface area (Å²) in [6.45, 7) is 6.97. The number of ether oxygens (including phenoxy) is 1. The van der Waals surface area contributed by atoms with Crippen molar-refractivity contribution in [2.45, 2.75) is 19.6 Å². The van der Waals surface area contributed by atoms with E-state index in [0.717, 1.165) is 24.5 Å². The Morgan fingerprint density at radius 3 is 3.00 bits per heavy atom. The highest BCUT2D eigenvalue weighted by molar-refractivity contribution is 7.19. The van der Waals surface area contributed by atoms with Gasteiger partial charge in [0.1, 0.15) is 0 Å². The summed E-state index contributed by atoms with van der Waals surface area (Å²) in [6.07, 6.45) is 2.81. The molecule has 2 aromatic rings. The van der Waals surface area contributed by atoms with Gasteiger partial charge in [0.15, 0.2) is 0 Å². The second-order valence-corrected chi connectivity index (χ2v) is 6.74. The quantitative estimate of drug-likeness (QED) is 0.590. The monoisotopic (exact) mass is 343 g/mol. The Hall–Kier alpha value is -0.580. The van der Waals surface area contributed by atoms with Gasteiger partial charge in [0.2, 0.25) is 0 Å². The predicted molar refractivity (Wildman–Crippen MR) is 94.0 cm³/mol. The lowest BCUT2D eigenvalue weighted by Gasteiger charge is -2.14. The van der Waals surface area contributed by atoms with E-state index in [-0.39, 0.29) is 12.4 Å². The molecule has 114 valence electrons. The zero-order valence-electron chi connectivity index (χ0n) is 12.0. The molecule has 1 aromatic carbocycles. The summed E-state index contributed by atoms with van der Waals surface area (Å²) >= 11 is 8.24. The van der Waals surface area contributed by atoms with Crippen LogP contribution >= 0.6 is 35.3 Å². The second kappa shape index (κ2) is 7.12. The van der Waals surface area contributed by atoms with Gasteiger partial charge >= 0.3 is 0 Å². The third kappa shape index (κ3) is 3.27. The van der Waals surface area contributed by atoms with Gasteiger partial charge in [-0.3, -0.25) is 0 Å². The highest BCUT2D eigenvalue weighted by Gasteiger charge is 2.21. The fourth-order valence-corrected chi connectivity index (χ4v) is 4.20. The molecule has 1 aliphatic rings. The summed E-state index contributed by atoms with van der Waals surface area (Å²) in [5.41, 5.74) is 2.70. The molecule has 0 bridgehead atoms. The van der Waals surface area contributed by atoms with Crippen molar-refractivity contribution in [3.63, 3.8) is 0 Å². The number of rotatable bonds is 4. The van der Waals surface area contributed by atoms with Gasteiger partial charge < -0.3 is 9.64 Å². The van der Waals surface area contributed by atoms with Crippen LogP contribution in [0.25, 0.3) is 10.1 Å². The van der Waals surface area contributed by atoms with E-state index in [2.05, 4.69) is 24.6 Å². The highest BCUT2D eigenvalue weighted by Crippen LogP contribution is 2.39. The minimum Gasteiger partial charge on any atom is -0.372 e. The van der Waals surface area contributed by atoms with Crippen molar-refractivity contribution in [1.82, 2.24) is 4.90 Å². The Balaban J connectivity index is 0.00000161. The first kappa shape index (κ1) is 16.8. The van der Waals surface area contributed by atoms with Gasteiger partial charge in [-0.2, -0.15) is 0 Å². The first-order chi connectivity index (χ1) is 9.70. The average Bonchev–Trinajstić information content (AvgIpc) is 2.65. The van der Waals surface area contributed by atoms with Crippen molar-refractivity contribution >= 4 is 45.4 Å². The first-order valence-electron chi connectivity index (χ1n) is 6.79. The molecule has 21 heavy (non-hydrogen) atoms. The summed E-state index contributed by atoms with van der Waals surface area (Å²) in [6, 6.07) is 4.16. The lowest BCUT2D eigenvalue weighted by atomic mass is 10.0. The van der Waals surface area contributed by atoms with E-state index in [1.165, 1.54) is 26.1 Å². The number of hydrogen-bond acceptors (Lipinski definition) is 3. The van der Waals surface area contributed by atoms with Gasteiger partial charge in [-0.25, -0.2) is 0 Å². The third-order valence-corrected chi connectivity index (χ3v) is 5.25. The van der Waals surface area contributed by atoms with Crippen LogP contribution in [0.1, 0.15) is 16.0 Å². The fourth-order valence-electron chi connectivity index (χ4n) is 2.77. The zero-order chi connectivity index (χ0) is 14.1. The van der Waals surface area contributed by atoms with Crippen molar-refractivity contribution in [1.29, 1.82) is 0 Å². The Morgan fingerprint density at radius 2 is 2.24 bits per heavy atom. The number of halogens is 2. The summed E-state index contributed by atoms with van der Waals surface area (Å²) in [4.78, 5) is 3.67. The molecule has 0 fully saturated rings. The van der Waals surface area contributed by atoms with Crippen molar-refractivity contribution in [3.8, 4) is 0 Å². The predicted octanol–water partition coefficient (Wildman–Crippen LogP) is 4.67. The molecule has 2 heterocycles. The van der Waals surface area contributed by atoms with Crippen LogP contribution in [-0.4, -0.2) is 25.1 Å². The molecular formula is C16H19Cl2NOS. The van der Waals surface area contributed by atoms with E-state index in [4.69, 9.17) is 16.3 Å². The third-order valence-electron chi connectivity index (χ3n) is 3.73. The SMILES string of the molecule is C=CCOCc1sc2ccc(Cl)c3c2c1CN(C)CC3.Cl.